The van der Waals surface area contributed by atoms with Gasteiger partial charge in [0.1, 0.15) is 5.75 Å². The topological polar surface area (TPSA) is 35.2 Å². The van der Waals surface area contributed by atoms with Crippen molar-refractivity contribution in [1.82, 2.24) is 0 Å². The Morgan fingerprint density at radius 2 is 1.75 bits per heavy atom. The Morgan fingerprint density at radius 1 is 1.19 bits per heavy atom. The van der Waals surface area contributed by atoms with E-state index in [0.717, 1.165) is 18.7 Å². The van der Waals surface area contributed by atoms with Gasteiger partial charge in [0.25, 0.3) is 0 Å². The van der Waals surface area contributed by atoms with E-state index in [2.05, 4.69) is 26.0 Å². The Hall–Kier alpha value is -1.02. The molecule has 0 spiro atoms. The fourth-order valence-electron chi connectivity index (χ4n) is 1.76. The van der Waals surface area contributed by atoms with Crippen molar-refractivity contribution in [2.75, 3.05) is 6.54 Å². The van der Waals surface area contributed by atoms with Gasteiger partial charge in [0.05, 0.1) is 6.10 Å². The molecule has 0 radical (unpaired) electrons. The molecule has 0 unspecified atom stereocenters. The molecule has 0 atom stereocenters. The van der Waals surface area contributed by atoms with Crippen LogP contribution in [0.1, 0.15) is 39.7 Å². The maximum absolute atomic E-state index is 5.62. The quantitative estimate of drug-likeness (QED) is 0.829. The lowest BCUT2D eigenvalue weighted by Gasteiger charge is -2.24. The Balaban J connectivity index is 2.78. The fourth-order valence-corrected chi connectivity index (χ4v) is 1.76. The van der Waals surface area contributed by atoms with Crippen LogP contribution in [-0.2, 0) is 5.41 Å². The summed E-state index contributed by atoms with van der Waals surface area (Å²) in [7, 11) is 0. The average Bonchev–Trinajstić information content (AvgIpc) is 2.17. The third-order valence-corrected chi connectivity index (χ3v) is 2.78. The van der Waals surface area contributed by atoms with Gasteiger partial charge in [-0.3, -0.25) is 0 Å². The molecule has 1 rings (SSSR count). The van der Waals surface area contributed by atoms with Crippen molar-refractivity contribution in [3.8, 4) is 5.75 Å². The zero-order valence-electron chi connectivity index (χ0n) is 10.8. The molecule has 0 aliphatic heterocycles. The van der Waals surface area contributed by atoms with E-state index >= 15 is 0 Å². The van der Waals surface area contributed by atoms with Crippen LogP contribution in [0.4, 0.5) is 0 Å². The summed E-state index contributed by atoms with van der Waals surface area (Å²) in [6, 6.07) is 8.34. The molecule has 0 bridgehead atoms. The van der Waals surface area contributed by atoms with E-state index in [1.807, 2.05) is 26.0 Å². The largest absolute Gasteiger partial charge is 0.491 e. The van der Waals surface area contributed by atoms with E-state index in [-0.39, 0.29) is 11.5 Å². The lowest BCUT2D eigenvalue weighted by Crippen LogP contribution is -2.21. The highest BCUT2D eigenvalue weighted by Gasteiger charge is 2.19. The van der Waals surface area contributed by atoms with Crippen molar-refractivity contribution in [2.45, 2.75) is 45.6 Å². The highest BCUT2D eigenvalue weighted by Crippen LogP contribution is 2.28. The third kappa shape index (κ3) is 3.53. The molecule has 1 aromatic rings. The molecule has 0 saturated carbocycles. The van der Waals surface area contributed by atoms with Crippen LogP contribution in [0.25, 0.3) is 0 Å². The summed E-state index contributed by atoms with van der Waals surface area (Å²) in [5, 5.41) is 0. The monoisotopic (exact) mass is 221 g/mol. The second-order valence-corrected chi connectivity index (χ2v) is 5.11. The third-order valence-electron chi connectivity index (χ3n) is 2.78. The number of benzene rings is 1. The molecule has 1 aromatic carbocycles. The van der Waals surface area contributed by atoms with Crippen molar-refractivity contribution >= 4 is 0 Å². The molecule has 0 fully saturated rings. The molecular weight excluding hydrogens is 198 g/mol. The van der Waals surface area contributed by atoms with Crippen molar-refractivity contribution < 1.29 is 4.74 Å². The molecule has 2 heteroatoms. The van der Waals surface area contributed by atoms with Gasteiger partial charge in [-0.2, -0.15) is 0 Å². The second-order valence-electron chi connectivity index (χ2n) is 5.11. The maximum Gasteiger partial charge on any atom is 0.119 e. The molecule has 0 aliphatic carbocycles. The summed E-state index contributed by atoms with van der Waals surface area (Å²) in [5.41, 5.74) is 7.08. The van der Waals surface area contributed by atoms with Crippen molar-refractivity contribution in [3.63, 3.8) is 0 Å². The van der Waals surface area contributed by atoms with Gasteiger partial charge < -0.3 is 10.5 Å². The van der Waals surface area contributed by atoms with Gasteiger partial charge in [0.2, 0.25) is 0 Å². The Labute approximate surface area is 98.8 Å². The van der Waals surface area contributed by atoms with Crippen LogP contribution in [0.15, 0.2) is 24.3 Å². The molecule has 0 amide bonds. The zero-order chi connectivity index (χ0) is 12.2. The molecule has 0 heterocycles. The van der Waals surface area contributed by atoms with Crippen molar-refractivity contribution in [1.29, 1.82) is 0 Å². The maximum atomic E-state index is 5.62. The molecule has 2 N–H and O–H groups in total. The summed E-state index contributed by atoms with van der Waals surface area (Å²) in [6.45, 7) is 9.23. The minimum absolute atomic E-state index is 0.144. The lowest BCUT2D eigenvalue weighted by atomic mass is 9.82. The first kappa shape index (κ1) is 13.0. The van der Waals surface area contributed by atoms with E-state index < -0.39 is 0 Å². The Bertz CT molecular complexity index is 314. The average molecular weight is 221 g/mol. The first-order valence-electron chi connectivity index (χ1n) is 5.93. The van der Waals surface area contributed by atoms with Gasteiger partial charge in [0.15, 0.2) is 0 Å². The van der Waals surface area contributed by atoms with Gasteiger partial charge in [-0.1, -0.05) is 26.0 Å². The Morgan fingerprint density at radius 3 is 2.19 bits per heavy atom. The number of ether oxygens (including phenoxy) is 1. The number of nitrogens with two attached hydrogens (primary N) is 1. The van der Waals surface area contributed by atoms with Crippen molar-refractivity contribution in [2.24, 2.45) is 5.73 Å². The van der Waals surface area contributed by atoms with E-state index in [4.69, 9.17) is 10.5 Å². The smallest absolute Gasteiger partial charge is 0.119 e. The lowest BCUT2D eigenvalue weighted by molar-refractivity contribution is 0.242. The van der Waals surface area contributed by atoms with E-state index in [1.165, 1.54) is 5.56 Å². The van der Waals surface area contributed by atoms with Crippen molar-refractivity contribution in [3.05, 3.63) is 29.8 Å². The summed E-state index contributed by atoms with van der Waals surface area (Å²) in [5.74, 6) is 0.933. The van der Waals surface area contributed by atoms with E-state index in [0.29, 0.717) is 0 Å². The van der Waals surface area contributed by atoms with Gasteiger partial charge in [-0.15, -0.1) is 0 Å². The second kappa shape index (κ2) is 5.35. The van der Waals surface area contributed by atoms with Gasteiger partial charge in [-0.05, 0) is 49.9 Å². The first-order valence-corrected chi connectivity index (χ1v) is 5.93. The summed E-state index contributed by atoms with van der Waals surface area (Å²) >= 11 is 0. The summed E-state index contributed by atoms with van der Waals surface area (Å²) in [4.78, 5) is 0. The summed E-state index contributed by atoms with van der Waals surface area (Å²) in [6.07, 6.45) is 1.22. The van der Waals surface area contributed by atoms with Crippen LogP contribution in [-0.4, -0.2) is 12.6 Å². The molecule has 0 aromatic heterocycles. The van der Waals surface area contributed by atoms with Crippen LogP contribution in [0.3, 0.4) is 0 Å². The molecule has 0 saturated heterocycles. The number of hydrogen-bond acceptors (Lipinski definition) is 2. The van der Waals surface area contributed by atoms with E-state index in [9.17, 15) is 0 Å². The van der Waals surface area contributed by atoms with Crippen LogP contribution < -0.4 is 10.5 Å². The first-order chi connectivity index (χ1) is 7.45. The van der Waals surface area contributed by atoms with Crippen LogP contribution in [0.5, 0.6) is 5.75 Å². The highest BCUT2D eigenvalue weighted by molar-refractivity contribution is 5.31. The fraction of sp³-hybridized carbons (Fsp3) is 0.571. The van der Waals surface area contributed by atoms with Crippen LogP contribution >= 0.6 is 0 Å². The molecule has 2 nitrogen and oxygen atoms in total. The van der Waals surface area contributed by atoms with Gasteiger partial charge >= 0.3 is 0 Å². The van der Waals surface area contributed by atoms with E-state index in [1.54, 1.807) is 0 Å². The molecule has 0 aliphatic rings. The minimum Gasteiger partial charge on any atom is -0.491 e. The highest BCUT2D eigenvalue weighted by atomic mass is 16.5. The molecular formula is C14H23NO. The van der Waals surface area contributed by atoms with Crippen LogP contribution in [0.2, 0.25) is 0 Å². The summed E-state index contributed by atoms with van der Waals surface area (Å²) < 4.78 is 5.62. The SMILES string of the molecule is CC(C)Oc1ccc(C(C)(C)CCN)cc1. The van der Waals surface area contributed by atoms with Crippen LogP contribution in [0, 0.1) is 0 Å². The predicted octanol–water partition coefficient (Wildman–Crippen LogP) is 3.10. The molecule has 16 heavy (non-hydrogen) atoms. The van der Waals surface area contributed by atoms with Gasteiger partial charge in [0, 0.05) is 0 Å². The molecule has 90 valence electrons. The normalized spacial score (nSPS) is 11.9. The minimum atomic E-state index is 0.144. The standard InChI is InChI=1S/C14H23NO/c1-11(2)16-13-7-5-12(6-8-13)14(3,4)9-10-15/h5-8,11H,9-10,15H2,1-4H3. The van der Waals surface area contributed by atoms with Gasteiger partial charge in [-0.25, -0.2) is 0 Å². The predicted molar refractivity (Wildman–Crippen MR) is 68.9 cm³/mol. The zero-order valence-corrected chi connectivity index (χ0v) is 10.8. The number of hydrogen-bond donors (Lipinski definition) is 1. The Kier molecular flexibility index (Phi) is 4.36. The number of rotatable bonds is 5.